The van der Waals surface area contributed by atoms with E-state index in [2.05, 4.69) is 5.32 Å². The average Bonchev–Trinajstić information content (AvgIpc) is 2.57. The standard InChI is InChI=1S/C20H29N3O7/c1-19(2,3)30-18(29)22-14(10-12-6-8-13(24)9-7-12)16(27)23(11-15(25)26)17(28)20(4,5)21/h6-9,14,24H,10-11,21H2,1-5H3,(H,22,29)(H,25,26)/t14-/m0/s1. The summed E-state index contributed by atoms with van der Waals surface area (Å²) in [5.74, 6) is -3.26. The molecular weight excluding hydrogens is 394 g/mol. The summed E-state index contributed by atoms with van der Waals surface area (Å²) in [6.07, 6.45) is -0.985. The number of carbonyl (C=O) groups excluding carboxylic acids is 3. The van der Waals surface area contributed by atoms with Gasteiger partial charge in [-0.15, -0.1) is 0 Å². The number of benzene rings is 1. The number of ether oxygens (including phenoxy) is 1. The van der Waals surface area contributed by atoms with Crippen LogP contribution in [0.5, 0.6) is 5.75 Å². The molecule has 30 heavy (non-hydrogen) atoms. The quantitative estimate of drug-likeness (QED) is 0.505. The highest BCUT2D eigenvalue weighted by Crippen LogP contribution is 2.15. The molecule has 0 fully saturated rings. The largest absolute Gasteiger partial charge is 0.508 e. The van der Waals surface area contributed by atoms with Gasteiger partial charge in [0.05, 0.1) is 5.54 Å². The van der Waals surface area contributed by atoms with E-state index in [9.17, 15) is 24.3 Å². The Balaban J connectivity index is 3.24. The molecule has 0 radical (unpaired) electrons. The SMILES string of the molecule is CC(C)(C)OC(=O)N[C@@H](Cc1ccc(O)cc1)C(=O)N(CC(=O)O)C(=O)C(C)(C)N. The van der Waals surface area contributed by atoms with Crippen molar-refractivity contribution in [2.45, 2.75) is 58.2 Å². The van der Waals surface area contributed by atoms with Crippen LogP contribution in [0.4, 0.5) is 4.79 Å². The van der Waals surface area contributed by atoms with Crippen molar-refractivity contribution in [1.29, 1.82) is 0 Å². The summed E-state index contributed by atoms with van der Waals surface area (Å²) < 4.78 is 5.18. The van der Waals surface area contributed by atoms with Crippen LogP contribution in [0.25, 0.3) is 0 Å². The molecule has 0 saturated carbocycles. The normalized spacial score (nSPS) is 12.6. The summed E-state index contributed by atoms with van der Waals surface area (Å²) in [7, 11) is 0. The Hall–Kier alpha value is -3.14. The van der Waals surface area contributed by atoms with Gasteiger partial charge in [0.25, 0.3) is 5.91 Å². The number of imide groups is 1. The second-order valence-electron chi connectivity index (χ2n) is 8.41. The highest BCUT2D eigenvalue weighted by atomic mass is 16.6. The Morgan fingerprint density at radius 1 is 1.10 bits per heavy atom. The molecular formula is C20H29N3O7. The van der Waals surface area contributed by atoms with Crippen LogP contribution in [0.2, 0.25) is 0 Å². The van der Waals surface area contributed by atoms with Gasteiger partial charge in [-0.25, -0.2) is 4.79 Å². The number of carboxylic acids is 1. The summed E-state index contributed by atoms with van der Waals surface area (Å²) in [5, 5.41) is 21.0. The molecule has 0 aliphatic carbocycles. The van der Waals surface area contributed by atoms with Gasteiger partial charge in [0.1, 0.15) is 23.9 Å². The van der Waals surface area contributed by atoms with E-state index in [1.807, 2.05) is 0 Å². The summed E-state index contributed by atoms with van der Waals surface area (Å²) >= 11 is 0. The second kappa shape index (κ2) is 9.57. The van der Waals surface area contributed by atoms with Crippen LogP contribution in [-0.4, -0.2) is 62.7 Å². The van der Waals surface area contributed by atoms with Crippen LogP contribution >= 0.6 is 0 Å². The summed E-state index contributed by atoms with van der Waals surface area (Å²) in [4.78, 5) is 49.7. The smallest absolute Gasteiger partial charge is 0.408 e. The predicted molar refractivity (Wildman–Crippen MR) is 108 cm³/mol. The number of hydrogen-bond donors (Lipinski definition) is 4. The third-order valence-corrected chi connectivity index (χ3v) is 3.72. The lowest BCUT2D eigenvalue weighted by Crippen LogP contribution is -2.59. The Morgan fingerprint density at radius 3 is 2.07 bits per heavy atom. The van der Waals surface area contributed by atoms with Gasteiger partial charge < -0.3 is 26.0 Å². The molecule has 0 aliphatic heterocycles. The number of amides is 3. The Labute approximate surface area is 175 Å². The first kappa shape index (κ1) is 24.9. The number of aliphatic carboxylic acids is 1. The van der Waals surface area contributed by atoms with Crippen LogP contribution in [0.1, 0.15) is 40.2 Å². The van der Waals surface area contributed by atoms with E-state index in [-0.39, 0.29) is 12.2 Å². The lowest BCUT2D eigenvalue weighted by Gasteiger charge is -2.30. The number of carboxylic acid groups (broad SMARTS) is 1. The number of aromatic hydroxyl groups is 1. The lowest BCUT2D eigenvalue weighted by atomic mass is 10.0. The zero-order valence-electron chi connectivity index (χ0n) is 17.8. The Morgan fingerprint density at radius 2 is 1.63 bits per heavy atom. The maximum absolute atomic E-state index is 13.1. The monoisotopic (exact) mass is 423 g/mol. The van der Waals surface area contributed by atoms with Crippen LogP contribution in [0.3, 0.4) is 0 Å². The zero-order chi connectivity index (χ0) is 23.3. The van der Waals surface area contributed by atoms with Gasteiger partial charge in [-0.1, -0.05) is 12.1 Å². The molecule has 3 amide bonds. The highest BCUT2D eigenvalue weighted by Gasteiger charge is 2.37. The molecule has 10 heteroatoms. The molecule has 1 atom stereocenters. The van der Waals surface area contributed by atoms with Gasteiger partial charge in [0.15, 0.2) is 0 Å². The first-order valence-electron chi connectivity index (χ1n) is 9.24. The molecule has 0 aromatic heterocycles. The molecule has 1 aromatic carbocycles. The topological polar surface area (TPSA) is 159 Å². The highest BCUT2D eigenvalue weighted by molar-refractivity contribution is 6.04. The third-order valence-electron chi connectivity index (χ3n) is 3.72. The van der Waals surface area contributed by atoms with Crippen LogP contribution in [0.15, 0.2) is 24.3 Å². The molecule has 0 spiro atoms. The summed E-state index contributed by atoms with van der Waals surface area (Å²) in [5.41, 5.74) is 3.97. The molecule has 0 heterocycles. The van der Waals surface area contributed by atoms with Crippen molar-refractivity contribution in [3.05, 3.63) is 29.8 Å². The minimum atomic E-state index is -1.51. The molecule has 10 nitrogen and oxygen atoms in total. The van der Waals surface area contributed by atoms with Gasteiger partial charge >= 0.3 is 12.1 Å². The van der Waals surface area contributed by atoms with Crippen molar-refractivity contribution < 1.29 is 34.1 Å². The second-order valence-corrected chi connectivity index (χ2v) is 8.41. The van der Waals surface area contributed by atoms with Crippen molar-refractivity contribution in [3.63, 3.8) is 0 Å². The molecule has 0 bridgehead atoms. The number of phenols is 1. The van der Waals surface area contributed by atoms with Gasteiger partial charge in [-0.3, -0.25) is 19.3 Å². The molecule has 5 N–H and O–H groups in total. The average molecular weight is 423 g/mol. The van der Waals surface area contributed by atoms with E-state index in [1.165, 1.54) is 38.1 Å². The number of alkyl carbamates (subject to hydrolysis) is 1. The van der Waals surface area contributed by atoms with E-state index in [0.717, 1.165) is 0 Å². The predicted octanol–water partition coefficient (Wildman–Crippen LogP) is 1.01. The zero-order valence-corrected chi connectivity index (χ0v) is 17.8. The van der Waals surface area contributed by atoms with E-state index in [1.54, 1.807) is 20.8 Å². The van der Waals surface area contributed by atoms with Gasteiger partial charge in [0, 0.05) is 6.42 Å². The molecule has 0 aliphatic rings. The van der Waals surface area contributed by atoms with Gasteiger partial charge in [-0.2, -0.15) is 0 Å². The Kier molecular flexibility index (Phi) is 7.94. The molecule has 1 rings (SSSR count). The van der Waals surface area contributed by atoms with Crippen molar-refractivity contribution >= 4 is 23.9 Å². The number of nitrogens with two attached hydrogens (primary N) is 1. The lowest BCUT2D eigenvalue weighted by molar-refractivity contribution is -0.155. The van der Waals surface area contributed by atoms with Crippen molar-refractivity contribution in [2.75, 3.05) is 6.54 Å². The van der Waals surface area contributed by atoms with E-state index in [4.69, 9.17) is 15.6 Å². The molecule has 1 aromatic rings. The van der Waals surface area contributed by atoms with Crippen molar-refractivity contribution in [1.82, 2.24) is 10.2 Å². The number of hydrogen-bond acceptors (Lipinski definition) is 7. The maximum atomic E-state index is 13.1. The first-order valence-corrected chi connectivity index (χ1v) is 9.24. The molecule has 166 valence electrons. The Bertz CT molecular complexity index is 792. The minimum Gasteiger partial charge on any atom is -0.508 e. The first-order chi connectivity index (χ1) is 13.6. The van der Waals surface area contributed by atoms with Crippen LogP contribution in [0, 0.1) is 0 Å². The number of phenolic OH excluding ortho intramolecular Hbond substituents is 1. The number of carbonyl (C=O) groups is 4. The van der Waals surface area contributed by atoms with E-state index >= 15 is 0 Å². The molecule has 0 saturated heterocycles. The number of nitrogens with zero attached hydrogens (tertiary/aromatic N) is 1. The fraction of sp³-hybridized carbons (Fsp3) is 0.500. The fourth-order valence-corrected chi connectivity index (χ4v) is 2.44. The van der Waals surface area contributed by atoms with Crippen LogP contribution < -0.4 is 11.1 Å². The third kappa shape index (κ3) is 8.08. The maximum Gasteiger partial charge on any atom is 0.408 e. The van der Waals surface area contributed by atoms with Crippen molar-refractivity contribution in [2.24, 2.45) is 5.73 Å². The van der Waals surface area contributed by atoms with Gasteiger partial charge in [0.2, 0.25) is 5.91 Å². The minimum absolute atomic E-state index is 0.00860. The number of nitrogens with one attached hydrogen (secondary N) is 1. The van der Waals surface area contributed by atoms with Crippen LogP contribution in [-0.2, 0) is 25.5 Å². The van der Waals surface area contributed by atoms with E-state index in [0.29, 0.717) is 10.5 Å². The van der Waals surface area contributed by atoms with Crippen molar-refractivity contribution in [3.8, 4) is 5.75 Å². The molecule has 0 unspecified atom stereocenters. The fourth-order valence-electron chi connectivity index (χ4n) is 2.44. The van der Waals surface area contributed by atoms with E-state index < -0.39 is 47.6 Å². The summed E-state index contributed by atoms with van der Waals surface area (Å²) in [6.45, 7) is 6.68. The van der Waals surface area contributed by atoms with Gasteiger partial charge in [-0.05, 0) is 52.3 Å². The summed E-state index contributed by atoms with van der Waals surface area (Å²) in [6, 6.07) is 4.54. The number of rotatable bonds is 7.